The lowest BCUT2D eigenvalue weighted by atomic mass is 10.0. The minimum atomic E-state index is 0.512. The fourth-order valence-electron chi connectivity index (χ4n) is 2.60. The molecule has 2 nitrogen and oxygen atoms in total. The molecule has 2 aromatic rings. The highest BCUT2D eigenvalue weighted by molar-refractivity contribution is 5.85. The summed E-state index contributed by atoms with van der Waals surface area (Å²) in [7, 11) is 0. The second-order valence-corrected chi connectivity index (χ2v) is 4.93. The van der Waals surface area contributed by atoms with Crippen LogP contribution < -0.4 is 5.32 Å². The number of rotatable bonds is 3. The first-order valence-electron chi connectivity index (χ1n) is 6.71. The van der Waals surface area contributed by atoms with Crippen LogP contribution in [0.3, 0.4) is 0 Å². The van der Waals surface area contributed by atoms with Crippen LogP contribution in [0, 0.1) is 0 Å². The van der Waals surface area contributed by atoms with Gasteiger partial charge in [-0.3, -0.25) is 0 Å². The zero-order valence-corrected chi connectivity index (χ0v) is 10.6. The molecular weight excluding hydrogens is 222 g/mol. The summed E-state index contributed by atoms with van der Waals surface area (Å²) in [5, 5.41) is 6.27. The van der Waals surface area contributed by atoms with Crippen molar-refractivity contribution in [3.05, 3.63) is 48.0 Å². The molecule has 1 saturated heterocycles. The SMILES string of the molecule is c1ccc2c(CNC3CCCOC3)cccc2c1. The molecule has 1 aliphatic rings. The van der Waals surface area contributed by atoms with Gasteiger partial charge in [0, 0.05) is 19.2 Å². The van der Waals surface area contributed by atoms with E-state index in [0.29, 0.717) is 6.04 Å². The molecule has 0 bridgehead atoms. The normalized spacial score (nSPS) is 20.1. The number of hydrogen-bond acceptors (Lipinski definition) is 2. The molecule has 1 fully saturated rings. The van der Waals surface area contributed by atoms with Crippen molar-refractivity contribution in [3.63, 3.8) is 0 Å². The van der Waals surface area contributed by atoms with Gasteiger partial charge in [0.1, 0.15) is 0 Å². The van der Waals surface area contributed by atoms with Gasteiger partial charge in [-0.25, -0.2) is 0 Å². The summed E-state index contributed by atoms with van der Waals surface area (Å²) in [5.74, 6) is 0. The quantitative estimate of drug-likeness (QED) is 0.891. The third kappa shape index (κ3) is 2.55. The van der Waals surface area contributed by atoms with Crippen LogP contribution in [0.15, 0.2) is 42.5 Å². The number of ether oxygens (including phenoxy) is 1. The summed E-state index contributed by atoms with van der Waals surface area (Å²) in [6.07, 6.45) is 2.40. The van der Waals surface area contributed by atoms with Gasteiger partial charge in [0.2, 0.25) is 0 Å². The van der Waals surface area contributed by atoms with Crippen molar-refractivity contribution in [3.8, 4) is 0 Å². The Balaban J connectivity index is 1.74. The molecule has 2 aromatic carbocycles. The maximum Gasteiger partial charge on any atom is 0.0619 e. The molecule has 3 rings (SSSR count). The van der Waals surface area contributed by atoms with Crippen molar-refractivity contribution in [2.24, 2.45) is 0 Å². The van der Waals surface area contributed by atoms with E-state index in [-0.39, 0.29) is 0 Å². The number of fused-ring (bicyclic) bond motifs is 1. The predicted molar refractivity (Wildman–Crippen MR) is 74.6 cm³/mol. The summed E-state index contributed by atoms with van der Waals surface area (Å²) >= 11 is 0. The van der Waals surface area contributed by atoms with Gasteiger partial charge in [-0.05, 0) is 29.2 Å². The lowest BCUT2D eigenvalue weighted by Crippen LogP contribution is -2.36. The van der Waals surface area contributed by atoms with Gasteiger partial charge in [0.25, 0.3) is 0 Å². The maximum atomic E-state index is 5.50. The molecule has 1 atom stereocenters. The van der Waals surface area contributed by atoms with Crippen LogP contribution >= 0.6 is 0 Å². The molecule has 18 heavy (non-hydrogen) atoms. The number of benzene rings is 2. The first-order valence-corrected chi connectivity index (χ1v) is 6.71. The zero-order chi connectivity index (χ0) is 12.2. The van der Waals surface area contributed by atoms with Crippen molar-refractivity contribution in [2.45, 2.75) is 25.4 Å². The maximum absolute atomic E-state index is 5.50. The molecule has 0 aromatic heterocycles. The van der Waals surface area contributed by atoms with Crippen LogP contribution in [-0.4, -0.2) is 19.3 Å². The van der Waals surface area contributed by atoms with Crippen LogP contribution in [0.5, 0.6) is 0 Å². The van der Waals surface area contributed by atoms with Crippen molar-refractivity contribution in [2.75, 3.05) is 13.2 Å². The van der Waals surface area contributed by atoms with Gasteiger partial charge in [-0.15, -0.1) is 0 Å². The van der Waals surface area contributed by atoms with Gasteiger partial charge in [-0.1, -0.05) is 42.5 Å². The highest BCUT2D eigenvalue weighted by Crippen LogP contribution is 2.18. The van der Waals surface area contributed by atoms with E-state index in [0.717, 1.165) is 19.8 Å². The minimum Gasteiger partial charge on any atom is -0.380 e. The van der Waals surface area contributed by atoms with E-state index in [1.807, 2.05) is 0 Å². The lowest BCUT2D eigenvalue weighted by molar-refractivity contribution is 0.0700. The second kappa shape index (κ2) is 5.51. The Morgan fingerprint density at radius 1 is 1.11 bits per heavy atom. The molecule has 0 spiro atoms. The summed E-state index contributed by atoms with van der Waals surface area (Å²) in [4.78, 5) is 0. The van der Waals surface area contributed by atoms with E-state index in [4.69, 9.17) is 4.74 Å². The minimum absolute atomic E-state index is 0.512. The van der Waals surface area contributed by atoms with Crippen molar-refractivity contribution < 1.29 is 4.74 Å². The van der Waals surface area contributed by atoms with Crippen LogP contribution in [0.4, 0.5) is 0 Å². The Labute approximate surface area is 108 Å². The zero-order valence-electron chi connectivity index (χ0n) is 10.6. The van der Waals surface area contributed by atoms with Crippen molar-refractivity contribution in [1.82, 2.24) is 5.32 Å². The molecule has 0 radical (unpaired) electrons. The van der Waals surface area contributed by atoms with Gasteiger partial charge >= 0.3 is 0 Å². The van der Waals surface area contributed by atoms with E-state index in [2.05, 4.69) is 47.8 Å². The molecule has 0 aliphatic carbocycles. The Morgan fingerprint density at radius 2 is 2.00 bits per heavy atom. The van der Waals surface area contributed by atoms with Crippen LogP contribution in [0.25, 0.3) is 10.8 Å². The largest absolute Gasteiger partial charge is 0.380 e. The molecule has 0 amide bonds. The van der Waals surface area contributed by atoms with Gasteiger partial charge in [-0.2, -0.15) is 0 Å². The van der Waals surface area contributed by atoms with Gasteiger partial charge in [0.15, 0.2) is 0 Å². The third-order valence-electron chi connectivity index (χ3n) is 3.62. The summed E-state index contributed by atoms with van der Waals surface area (Å²) in [6, 6.07) is 15.6. The van der Waals surface area contributed by atoms with E-state index >= 15 is 0 Å². The highest BCUT2D eigenvalue weighted by Gasteiger charge is 2.13. The summed E-state index contributed by atoms with van der Waals surface area (Å²) in [5.41, 5.74) is 1.37. The van der Waals surface area contributed by atoms with Gasteiger partial charge < -0.3 is 10.1 Å². The fourth-order valence-corrected chi connectivity index (χ4v) is 2.60. The summed E-state index contributed by atoms with van der Waals surface area (Å²) < 4.78 is 5.50. The number of nitrogens with one attached hydrogen (secondary N) is 1. The molecule has 94 valence electrons. The first-order chi connectivity index (χ1) is 8.93. The molecule has 1 unspecified atom stereocenters. The van der Waals surface area contributed by atoms with E-state index < -0.39 is 0 Å². The second-order valence-electron chi connectivity index (χ2n) is 4.93. The standard InChI is InChI=1S/C16H19NO/c1-2-9-16-13(5-1)6-3-7-14(16)11-17-15-8-4-10-18-12-15/h1-3,5-7,9,15,17H,4,8,10-12H2. The molecule has 1 N–H and O–H groups in total. The first kappa shape index (κ1) is 11.7. The lowest BCUT2D eigenvalue weighted by Gasteiger charge is -2.23. The smallest absolute Gasteiger partial charge is 0.0619 e. The Hall–Kier alpha value is -1.38. The average Bonchev–Trinajstić information content (AvgIpc) is 2.46. The summed E-state index contributed by atoms with van der Waals surface area (Å²) in [6.45, 7) is 2.70. The fraction of sp³-hybridized carbons (Fsp3) is 0.375. The number of hydrogen-bond donors (Lipinski definition) is 1. The average molecular weight is 241 g/mol. The Bertz CT molecular complexity index is 512. The van der Waals surface area contributed by atoms with Crippen LogP contribution in [0.2, 0.25) is 0 Å². The van der Waals surface area contributed by atoms with Gasteiger partial charge in [0.05, 0.1) is 6.61 Å². The van der Waals surface area contributed by atoms with Crippen molar-refractivity contribution in [1.29, 1.82) is 0 Å². The highest BCUT2D eigenvalue weighted by atomic mass is 16.5. The molecule has 0 saturated carbocycles. The predicted octanol–water partition coefficient (Wildman–Crippen LogP) is 3.11. The molecule has 1 heterocycles. The van der Waals surface area contributed by atoms with Crippen LogP contribution in [-0.2, 0) is 11.3 Å². The molecule has 2 heteroatoms. The molecular formula is C16H19NO. The van der Waals surface area contributed by atoms with Crippen LogP contribution in [0.1, 0.15) is 18.4 Å². The Kier molecular flexibility index (Phi) is 3.58. The molecule has 1 aliphatic heterocycles. The monoisotopic (exact) mass is 241 g/mol. The third-order valence-corrected chi connectivity index (χ3v) is 3.62. The van der Waals surface area contributed by atoms with E-state index in [1.54, 1.807) is 0 Å². The Morgan fingerprint density at radius 3 is 2.89 bits per heavy atom. The van der Waals surface area contributed by atoms with Crippen molar-refractivity contribution >= 4 is 10.8 Å². The topological polar surface area (TPSA) is 21.3 Å². The van der Waals surface area contributed by atoms with E-state index in [9.17, 15) is 0 Å². The van der Waals surface area contributed by atoms with E-state index in [1.165, 1.54) is 29.2 Å².